The van der Waals surface area contributed by atoms with Crippen molar-refractivity contribution in [2.24, 2.45) is 0 Å². The molecule has 2 aromatic carbocycles. The van der Waals surface area contributed by atoms with E-state index in [9.17, 15) is 30.7 Å². The molecule has 34 heavy (non-hydrogen) atoms. The van der Waals surface area contributed by atoms with Gasteiger partial charge in [0.15, 0.2) is 6.29 Å². The number of rotatable bonds is 6. The predicted octanol–water partition coefficient (Wildman–Crippen LogP) is 6.36. The van der Waals surface area contributed by atoms with E-state index in [2.05, 4.69) is 5.92 Å². The predicted molar refractivity (Wildman–Crippen MR) is 110 cm³/mol. The largest absolute Gasteiger partial charge is 0.416 e. The fourth-order valence-corrected chi connectivity index (χ4v) is 3.78. The molecule has 0 N–H and O–H groups in total. The topological polar surface area (TPSA) is 21.7 Å². The molecule has 0 unspecified atom stereocenters. The zero-order chi connectivity index (χ0) is 25.1. The van der Waals surface area contributed by atoms with E-state index < -0.39 is 47.7 Å². The fourth-order valence-electron chi connectivity index (χ4n) is 3.78. The molecule has 0 aliphatic carbocycles. The van der Waals surface area contributed by atoms with E-state index >= 15 is 0 Å². The van der Waals surface area contributed by atoms with Crippen LogP contribution in [0.2, 0.25) is 0 Å². The maximum atomic E-state index is 13.5. The molecular weight excluding hydrogens is 467 g/mol. The average molecular weight is 489 g/mol. The Balaban J connectivity index is 1.94. The van der Waals surface area contributed by atoms with Crippen molar-refractivity contribution < 1.29 is 40.2 Å². The average Bonchev–Trinajstić information content (AvgIpc) is 2.77. The summed E-state index contributed by atoms with van der Waals surface area (Å²) in [7, 11) is 0. The van der Waals surface area contributed by atoms with Crippen LogP contribution >= 0.6 is 0 Å². The number of hydrogen-bond acceptors (Lipinski definition) is 3. The number of ether oxygens (including phenoxy) is 2. The zero-order valence-corrected chi connectivity index (χ0v) is 18.1. The minimum atomic E-state index is -4.97. The summed E-state index contributed by atoms with van der Waals surface area (Å²) in [5.41, 5.74) is -2.55. The van der Waals surface area contributed by atoms with Gasteiger partial charge in [0.05, 0.1) is 29.9 Å². The highest BCUT2D eigenvalue weighted by Crippen LogP contribution is 2.39. The first kappa shape index (κ1) is 26.0. The Bertz CT molecular complexity index is 980. The summed E-state index contributed by atoms with van der Waals surface area (Å²) in [6, 6.07) is 6.25. The maximum Gasteiger partial charge on any atom is 0.416 e. The summed E-state index contributed by atoms with van der Waals surface area (Å²) in [4.78, 5) is 1.93. The number of nitrogens with zero attached hydrogens (tertiary/aromatic N) is 1. The minimum Gasteiger partial charge on any atom is -0.349 e. The lowest BCUT2D eigenvalue weighted by Crippen LogP contribution is -2.47. The molecule has 1 fully saturated rings. The molecule has 1 saturated heterocycles. The van der Waals surface area contributed by atoms with Crippen molar-refractivity contribution in [2.45, 2.75) is 44.1 Å². The molecule has 1 heterocycles. The molecule has 3 atom stereocenters. The SMILES string of the molecule is C#CCCN1CCO[C@H](O[C@@H](C)c2cc(C(F)(F)F)cc(C(F)(F)F)c2)[C@@H]1c1ccc(F)cc1. The lowest BCUT2D eigenvalue weighted by Gasteiger charge is -2.42. The van der Waals surface area contributed by atoms with Gasteiger partial charge < -0.3 is 9.47 Å². The summed E-state index contributed by atoms with van der Waals surface area (Å²) in [6.45, 7) is 2.45. The van der Waals surface area contributed by atoms with Gasteiger partial charge in [0, 0.05) is 19.5 Å². The lowest BCUT2D eigenvalue weighted by molar-refractivity contribution is -0.229. The van der Waals surface area contributed by atoms with E-state index in [4.69, 9.17) is 15.9 Å². The van der Waals surface area contributed by atoms with Crippen molar-refractivity contribution >= 4 is 0 Å². The molecule has 0 bridgehead atoms. The second kappa shape index (κ2) is 10.3. The summed E-state index contributed by atoms with van der Waals surface area (Å²) in [5, 5.41) is 0. The zero-order valence-electron chi connectivity index (χ0n) is 18.1. The Morgan fingerprint density at radius 3 is 2.18 bits per heavy atom. The molecule has 0 spiro atoms. The highest BCUT2D eigenvalue weighted by molar-refractivity contribution is 5.34. The number of hydrogen-bond donors (Lipinski definition) is 0. The van der Waals surface area contributed by atoms with Crippen molar-refractivity contribution in [3.05, 3.63) is 70.5 Å². The summed E-state index contributed by atoms with van der Waals surface area (Å²) >= 11 is 0. The van der Waals surface area contributed by atoms with Gasteiger partial charge >= 0.3 is 12.4 Å². The number of terminal acetylenes is 1. The van der Waals surface area contributed by atoms with E-state index in [0.717, 1.165) is 0 Å². The molecule has 0 aromatic heterocycles. The quantitative estimate of drug-likeness (QED) is 0.348. The van der Waals surface area contributed by atoms with Crippen LogP contribution in [-0.4, -0.2) is 30.9 Å². The number of alkyl halides is 6. The molecule has 10 heteroatoms. The standard InChI is InChI=1S/C24H22F7NO2/c1-3-4-9-32-10-11-33-22(21(32)16-5-7-20(25)8-6-16)34-15(2)17-12-18(23(26,27)28)14-19(13-17)24(29,30)31/h1,5-8,12-15,21-22H,4,9-11H2,2H3/t15-,21-,22+/m0/s1. The van der Waals surface area contributed by atoms with Crippen LogP contribution in [0.1, 0.15) is 47.7 Å². The van der Waals surface area contributed by atoms with Gasteiger partial charge in [-0.05, 0) is 48.4 Å². The van der Waals surface area contributed by atoms with Gasteiger partial charge in [-0.1, -0.05) is 12.1 Å². The lowest BCUT2D eigenvalue weighted by atomic mass is 10.0. The molecular formula is C24H22F7NO2. The van der Waals surface area contributed by atoms with Crippen LogP contribution in [0.4, 0.5) is 30.7 Å². The minimum absolute atomic E-state index is 0.0657. The Morgan fingerprint density at radius 1 is 1.06 bits per heavy atom. The van der Waals surface area contributed by atoms with Crippen LogP contribution in [0.5, 0.6) is 0 Å². The van der Waals surface area contributed by atoms with E-state index in [1.165, 1.54) is 31.2 Å². The van der Waals surface area contributed by atoms with Crippen molar-refractivity contribution in [2.75, 3.05) is 19.7 Å². The molecule has 1 aliphatic rings. The maximum absolute atomic E-state index is 13.5. The Kier molecular flexibility index (Phi) is 7.91. The molecule has 0 amide bonds. The monoisotopic (exact) mass is 489 g/mol. The molecule has 2 aromatic rings. The number of benzene rings is 2. The summed E-state index contributed by atoms with van der Waals surface area (Å²) < 4.78 is 105. The van der Waals surface area contributed by atoms with Gasteiger partial charge in [0.1, 0.15) is 5.82 Å². The third-order valence-corrected chi connectivity index (χ3v) is 5.48. The third kappa shape index (κ3) is 6.29. The van der Waals surface area contributed by atoms with Gasteiger partial charge in [-0.3, -0.25) is 4.90 Å². The second-order valence-electron chi connectivity index (χ2n) is 7.84. The highest BCUT2D eigenvalue weighted by atomic mass is 19.4. The van der Waals surface area contributed by atoms with Crippen LogP contribution < -0.4 is 0 Å². The molecule has 3 nitrogen and oxygen atoms in total. The third-order valence-electron chi connectivity index (χ3n) is 5.48. The van der Waals surface area contributed by atoms with Gasteiger partial charge in [-0.2, -0.15) is 26.3 Å². The molecule has 184 valence electrons. The van der Waals surface area contributed by atoms with E-state index in [0.29, 0.717) is 37.2 Å². The fraction of sp³-hybridized carbons (Fsp3) is 0.417. The number of morpholine rings is 1. The Labute approximate surface area is 192 Å². The highest BCUT2D eigenvalue weighted by Gasteiger charge is 2.39. The van der Waals surface area contributed by atoms with Crippen LogP contribution in [0, 0.1) is 18.2 Å². The smallest absolute Gasteiger partial charge is 0.349 e. The van der Waals surface area contributed by atoms with Crippen molar-refractivity contribution in [1.82, 2.24) is 4.90 Å². The van der Waals surface area contributed by atoms with Gasteiger partial charge in [0.25, 0.3) is 0 Å². The van der Waals surface area contributed by atoms with Gasteiger partial charge in [-0.25, -0.2) is 4.39 Å². The first-order valence-corrected chi connectivity index (χ1v) is 10.4. The molecule has 1 aliphatic heterocycles. The molecule has 0 radical (unpaired) electrons. The van der Waals surface area contributed by atoms with Crippen molar-refractivity contribution in [1.29, 1.82) is 0 Å². The molecule has 3 rings (SSSR count). The van der Waals surface area contributed by atoms with Crippen molar-refractivity contribution in [3.8, 4) is 12.3 Å². The first-order chi connectivity index (χ1) is 15.9. The summed E-state index contributed by atoms with van der Waals surface area (Å²) in [6.07, 6.45) is -6.41. The van der Waals surface area contributed by atoms with E-state index in [-0.39, 0.29) is 18.2 Å². The Hall–Kier alpha value is -2.61. The molecule has 0 saturated carbocycles. The second-order valence-corrected chi connectivity index (χ2v) is 7.84. The summed E-state index contributed by atoms with van der Waals surface area (Å²) in [5.74, 6) is 2.05. The van der Waals surface area contributed by atoms with Gasteiger partial charge in [-0.15, -0.1) is 12.3 Å². The first-order valence-electron chi connectivity index (χ1n) is 10.4. The van der Waals surface area contributed by atoms with Crippen LogP contribution in [0.25, 0.3) is 0 Å². The van der Waals surface area contributed by atoms with Crippen LogP contribution in [0.3, 0.4) is 0 Å². The Morgan fingerprint density at radius 2 is 1.65 bits per heavy atom. The van der Waals surface area contributed by atoms with E-state index in [1.807, 2.05) is 4.90 Å². The normalized spacial score (nSPS) is 20.7. The van der Waals surface area contributed by atoms with Crippen molar-refractivity contribution in [3.63, 3.8) is 0 Å². The van der Waals surface area contributed by atoms with Gasteiger partial charge in [0.2, 0.25) is 0 Å². The van der Waals surface area contributed by atoms with Crippen LogP contribution in [0.15, 0.2) is 42.5 Å². The van der Waals surface area contributed by atoms with Crippen LogP contribution in [-0.2, 0) is 21.8 Å². The van der Waals surface area contributed by atoms with E-state index in [1.54, 1.807) is 0 Å². The number of halogens is 7.